The van der Waals surface area contributed by atoms with Crippen molar-refractivity contribution >= 4 is 0 Å². The second-order valence-corrected chi connectivity index (χ2v) is 5.47. The van der Waals surface area contributed by atoms with E-state index in [-0.39, 0.29) is 0 Å². The lowest BCUT2D eigenvalue weighted by Gasteiger charge is -2.14. The second kappa shape index (κ2) is 14.0. The molecule has 104 valence electrons. The van der Waals surface area contributed by atoms with Gasteiger partial charge < -0.3 is 5.73 Å². The Morgan fingerprint density at radius 1 is 0.706 bits per heavy atom. The molecule has 0 aromatic rings. The Balaban J connectivity index is 3.28. The van der Waals surface area contributed by atoms with Crippen LogP contribution in [0.15, 0.2) is 0 Å². The first kappa shape index (κ1) is 17.0. The van der Waals surface area contributed by atoms with Gasteiger partial charge in [-0.1, -0.05) is 84.5 Å². The van der Waals surface area contributed by atoms with E-state index in [2.05, 4.69) is 13.8 Å². The van der Waals surface area contributed by atoms with E-state index in [4.69, 9.17) is 5.73 Å². The first-order valence-electron chi connectivity index (χ1n) is 8.05. The third kappa shape index (κ3) is 12.2. The standard InChI is InChI=1S/C16H35N/c1-3-5-6-10-13-16(4-2)14-11-8-7-9-12-15-17/h16H,3-15,17H2,1-2H3. The summed E-state index contributed by atoms with van der Waals surface area (Å²) in [6.45, 7) is 5.52. The predicted molar refractivity (Wildman–Crippen MR) is 79.3 cm³/mol. The van der Waals surface area contributed by atoms with Crippen molar-refractivity contribution in [2.75, 3.05) is 6.54 Å². The highest BCUT2D eigenvalue weighted by molar-refractivity contribution is 4.58. The summed E-state index contributed by atoms with van der Waals surface area (Å²) in [5.41, 5.74) is 5.49. The predicted octanol–water partition coefficient (Wildman–Crippen LogP) is 5.28. The Labute approximate surface area is 110 Å². The van der Waals surface area contributed by atoms with E-state index >= 15 is 0 Å². The molecule has 0 radical (unpaired) electrons. The van der Waals surface area contributed by atoms with Gasteiger partial charge in [0.2, 0.25) is 0 Å². The van der Waals surface area contributed by atoms with Crippen molar-refractivity contribution in [3.8, 4) is 0 Å². The van der Waals surface area contributed by atoms with Gasteiger partial charge >= 0.3 is 0 Å². The van der Waals surface area contributed by atoms with Gasteiger partial charge in [-0.25, -0.2) is 0 Å². The van der Waals surface area contributed by atoms with Gasteiger partial charge in [-0.05, 0) is 18.9 Å². The van der Waals surface area contributed by atoms with E-state index in [9.17, 15) is 0 Å². The molecule has 0 aromatic heterocycles. The smallest absolute Gasteiger partial charge is 0.00773 e. The molecule has 0 amide bonds. The zero-order valence-corrected chi connectivity index (χ0v) is 12.3. The van der Waals surface area contributed by atoms with Crippen molar-refractivity contribution < 1.29 is 0 Å². The van der Waals surface area contributed by atoms with Gasteiger partial charge in [0, 0.05) is 0 Å². The van der Waals surface area contributed by atoms with Gasteiger partial charge in [-0.2, -0.15) is 0 Å². The van der Waals surface area contributed by atoms with Crippen molar-refractivity contribution in [3.63, 3.8) is 0 Å². The van der Waals surface area contributed by atoms with Crippen molar-refractivity contribution in [3.05, 3.63) is 0 Å². The first-order chi connectivity index (χ1) is 8.35. The molecular weight excluding hydrogens is 206 g/mol. The molecule has 0 fully saturated rings. The third-order valence-electron chi connectivity index (χ3n) is 3.86. The first-order valence-corrected chi connectivity index (χ1v) is 8.05. The number of rotatable bonds is 13. The maximum atomic E-state index is 5.49. The molecule has 0 spiro atoms. The van der Waals surface area contributed by atoms with Crippen LogP contribution in [0.4, 0.5) is 0 Å². The topological polar surface area (TPSA) is 26.0 Å². The summed E-state index contributed by atoms with van der Waals surface area (Å²) in [7, 11) is 0. The average Bonchev–Trinajstić information content (AvgIpc) is 2.36. The Morgan fingerprint density at radius 2 is 1.24 bits per heavy atom. The van der Waals surface area contributed by atoms with E-state index in [1.165, 1.54) is 77.0 Å². The van der Waals surface area contributed by atoms with Gasteiger partial charge in [0.05, 0.1) is 0 Å². The fourth-order valence-electron chi connectivity index (χ4n) is 2.52. The fraction of sp³-hybridized carbons (Fsp3) is 1.00. The minimum atomic E-state index is 0.870. The Kier molecular flexibility index (Phi) is 14.0. The third-order valence-corrected chi connectivity index (χ3v) is 3.86. The number of hydrogen-bond donors (Lipinski definition) is 1. The minimum Gasteiger partial charge on any atom is -0.330 e. The van der Waals surface area contributed by atoms with Crippen molar-refractivity contribution in [1.29, 1.82) is 0 Å². The second-order valence-electron chi connectivity index (χ2n) is 5.47. The molecule has 0 aliphatic heterocycles. The zero-order valence-electron chi connectivity index (χ0n) is 12.3. The summed E-state index contributed by atoms with van der Waals surface area (Å²) >= 11 is 0. The highest BCUT2D eigenvalue weighted by Crippen LogP contribution is 2.21. The maximum Gasteiger partial charge on any atom is -0.00773 e. The van der Waals surface area contributed by atoms with E-state index < -0.39 is 0 Å². The minimum absolute atomic E-state index is 0.870. The summed E-state index contributed by atoms with van der Waals surface area (Å²) in [6.07, 6.45) is 16.8. The molecule has 0 aromatic carbocycles. The molecule has 0 aliphatic carbocycles. The van der Waals surface area contributed by atoms with Crippen LogP contribution in [0.2, 0.25) is 0 Å². The summed E-state index contributed by atoms with van der Waals surface area (Å²) in [6, 6.07) is 0. The lowest BCUT2D eigenvalue weighted by molar-refractivity contribution is 0.394. The number of nitrogens with two attached hydrogens (primary N) is 1. The van der Waals surface area contributed by atoms with E-state index in [1.54, 1.807) is 0 Å². The van der Waals surface area contributed by atoms with Crippen LogP contribution in [0.1, 0.15) is 90.9 Å². The molecular formula is C16H35N. The van der Waals surface area contributed by atoms with Gasteiger partial charge in [0.25, 0.3) is 0 Å². The quantitative estimate of drug-likeness (QED) is 0.436. The van der Waals surface area contributed by atoms with E-state index in [0.717, 1.165) is 12.5 Å². The largest absolute Gasteiger partial charge is 0.330 e. The lowest BCUT2D eigenvalue weighted by atomic mass is 9.92. The number of unbranched alkanes of at least 4 members (excludes halogenated alkanes) is 7. The molecule has 1 heteroatoms. The van der Waals surface area contributed by atoms with Crippen molar-refractivity contribution in [2.24, 2.45) is 11.7 Å². The molecule has 0 heterocycles. The molecule has 0 saturated heterocycles. The van der Waals surface area contributed by atoms with Crippen LogP contribution >= 0.6 is 0 Å². The molecule has 0 saturated carbocycles. The zero-order chi connectivity index (χ0) is 12.8. The van der Waals surface area contributed by atoms with Crippen LogP contribution in [-0.4, -0.2) is 6.54 Å². The SMILES string of the molecule is CCCCCCC(CC)CCCCCCCN. The van der Waals surface area contributed by atoms with Gasteiger partial charge in [0.1, 0.15) is 0 Å². The highest BCUT2D eigenvalue weighted by atomic mass is 14.5. The molecule has 0 rings (SSSR count). The van der Waals surface area contributed by atoms with Crippen LogP contribution < -0.4 is 5.73 Å². The van der Waals surface area contributed by atoms with Crippen molar-refractivity contribution in [1.82, 2.24) is 0 Å². The van der Waals surface area contributed by atoms with Crippen LogP contribution in [-0.2, 0) is 0 Å². The van der Waals surface area contributed by atoms with Crippen LogP contribution in [0.5, 0.6) is 0 Å². The Morgan fingerprint density at radius 3 is 1.76 bits per heavy atom. The number of hydrogen-bond acceptors (Lipinski definition) is 1. The molecule has 1 unspecified atom stereocenters. The molecule has 1 atom stereocenters. The average molecular weight is 241 g/mol. The molecule has 0 aliphatic rings. The fourth-order valence-corrected chi connectivity index (χ4v) is 2.52. The molecule has 2 N–H and O–H groups in total. The lowest BCUT2D eigenvalue weighted by Crippen LogP contribution is -2.00. The summed E-state index contributed by atoms with van der Waals surface area (Å²) in [5.74, 6) is 1.00. The summed E-state index contributed by atoms with van der Waals surface area (Å²) < 4.78 is 0. The van der Waals surface area contributed by atoms with Crippen molar-refractivity contribution in [2.45, 2.75) is 90.9 Å². The van der Waals surface area contributed by atoms with Crippen LogP contribution in [0.3, 0.4) is 0 Å². The molecule has 0 bridgehead atoms. The normalized spacial score (nSPS) is 12.9. The van der Waals surface area contributed by atoms with Crippen LogP contribution in [0, 0.1) is 5.92 Å². The summed E-state index contributed by atoms with van der Waals surface area (Å²) in [4.78, 5) is 0. The molecule has 1 nitrogen and oxygen atoms in total. The van der Waals surface area contributed by atoms with Crippen LogP contribution in [0.25, 0.3) is 0 Å². The highest BCUT2D eigenvalue weighted by Gasteiger charge is 2.05. The van der Waals surface area contributed by atoms with Gasteiger partial charge in [-0.3, -0.25) is 0 Å². The van der Waals surface area contributed by atoms with E-state index in [0.29, 0.717) is 0 Å². The Hall–Kier alpha value is -0.0400. The maximum absolute atomic E-state index is 5.49. The molecule has 17 heavy (non-hydrogen) atoms. The van der Waals surface area contributed by atoms with E-state index in [1.807, 2.05) is 0 Å². The van der Waals surface area contributed by atoms with Gasteiger partial charge in [-0.15, -0.1) is 0 Å². The summed E-state index contributed by atoms with van der Waals surface area (Å²) in [5, 5.41) is 0. The van der Waals surface area contributed by atoms with Gasteiger partial charge in [0.15, 0.2) is 0 Å². The monoisotopic (exact) mass is 241 g/mol. The Bertz CT molecular complexity index is 133.